The van der Waals surface area contributed by atoms with E-state index in [0.29, 0.717) is 31.3 Å². The zero-order valence-corrected chi connectivity index (χ0v) is 19.5. The molecule has 2 aromatic rings. The molecule has 170 valence electrons. The van der Waals surface area contributed by atoms with Crippen LogP contribution in [0.3, 0.4) is 0 Å². The minimum absolute atomic E-state index is 0. The fourth-order valence-corrected chi connectivity index (χ4v) is 3.45. The molecule has 1 fully saturated rings. The van der Waals surface area contributed by atoms with Crippen LogP contribution in [0.1, 0.15) is 11.6 Å². The number of benzene rings is 2. The van der Waals surface area contributed by atoms with Gasteiger partial charge in [0, 0.05) is 18.1 Å². The Hall–Kier alpha value is -1.76. The second kappa shape index (κ2) is 11.7. The number of nitrogens with two attached hydrogens (primary N) is 1. The maximum Gasteiger partial charge on any atom is 0.573 e. The van der Waals surface area contributed by atoms with Gasteiger partial charge in [-0.25, -0.2) is 0 Å². The van der Waals surface area contributed by atoms with Crippen LogP contribution in [0.5, 0.6) is 5.75 Å². The van der Waals surface area contributed by atoms with Gasteiger partial charge in [-0.15, -0.1) is 37.1 Å². The number of aliphatic imine (C=N–C) groups is 1. The van der Waals surface area contributed by atoms with Gasteiger partial charge in [-0.05, 0) is 23.8 Å². The van der Waals surface area contributed by atoms with Gasteiger partial charge in [0.15, 0.2) is 11.7 Å². The number of rotatable bonds is 6. The number of hydrogen-bond acceptors (Lipinski definition) is 4. The quantitative estimate of drug-likeness (QED) is 0.301. The van der Waals surface area contributed by atoms with Crippen LogP contribution in [0, 0.1) is 0 Å². The summed E-state index contributed by atoms with van der Waals surface area (Å²) in [6.45, 7) is 2.88. The lowest BCUT2D eigenvalue weighted by Gasteiger charge is -2.34. The Morgan fingerprint density at radius 1 is 1.16 bits per heavy atom. The van der Waals surface area contributed by atoms with Crippen molar-refractivity contribution in [2.24, 2.45) is 10.7 Å². The molecule has 0 aliphatic carbocycles. The van der Waals surface area contributed by atoms with Crippen molar-refractivity contribution >= 4 is 47.2 Å². The van der Waals surface area contributed by atoms with E-state index in [2.05, 4.69) is 19.9 Å². The van der Waals surface area contributed by atoms with Crippen LogP contribution in [0.2, 0.25) is 5.02 Å². The van der Waals surface area contributed by atoms with E-state index in [4.69, 9.17) is 22.1 Å². The first-order chi connectivity index (χ1) is 14.3. The lowest BCUT2D eigenvalue weighted by Crippen LogP contribution is -2.40. The fourth-order valence-electron chi connectivity index (χ4n) is 3.19. The third kappa shape index (κ3) is 7.70. The lowest BCUT2D eigenvalue weighted by molar-refractivity contribution is -0.274. The number of morpholine rings is 1. The predicted octanol–water partition coefficient (Wildman–Crippen LogP) is 4.66. The number of para-hydroxylation sites is 2. The molecule has 3 N–H and O–H groups in total. The van der Waals surface area contributed by atoms with Crippen LogP contribution >= 0.6 is 35.6 Å². The van der Waals surface area contributed by atoms with Crippen LogP contribution < -0.4 is 15.8 Å². The number of halogens is 5. The zero-order chi connectivity index (χ0) is 21.6. The number of hydrogen-bond donors (Lipinski definition) is 2. The Morgan fingerprint density at radius 2 is 1.81 bits per heavy atom. The molecule has 1 heterocycles. The van der Waals surface area contributed by atoms with Crippen molar-refractivity contribution in [3.8, 4) is 5.75 Å². The highest BCUT2D eigenvalue weighted by atomic mass is 127. The first-order valence-corrected chi connectivity index (χ1v) is 9.69. The molecule has 1 atom stereocenters. The van der Waals surface area contributed by atoms with E-state index >= 15 is 0 Å². The third-order valence-corrected chi connectivity index (χ3v) is 4.90. The average molecular weight is 571 g/mol. The highest BCUT2D eigenvalue weighted by molar-refractivity contribution is 14.0. The second-order valence-electron chi connectivity index (χ2n) is 6.58. The van der Waals surface area contributed by atoms with E-state index in [1.54, 1.807) is 12.1 Å². The Kier molecular flexibility index (Phi) is 9.66. The van der Waals surface area contributed by atoms with Gasteiger partial charge >= 0.3 is 6.36 Å². The van der Waals surface area contributed by atoms with E-state index in [9.17, 15) is 13.2 Å². The molecule has 31 heavy (non-hydrogen) atoms. The summed E-state index contributed by atoms with van der Waals surface area (Å²) in [5.41, 5.74) is 6.93. The summed E-state index contributed by atoms with van der Waals surface area (Å²) in [6, 6.07) is 13.0. The van der Waals surface area contributed by atoms with Crippen LogP contribution in [0.4, 0.5) is 18.9 Å². The summed E-state index contributed by atoms with van der Waals surface area (Å²) in [7, 11) is 0. The van der Waals surface area contributed by atoms with E-state index in [0.717, 1.165) is 5.56 Å². The minimum atomic E-state index is -4.81. The molecular formula is C20H23ClF3IN4O2. The number of anilines is 1. The van der Waals surface area contributed by atoms with E-state index < -0.39 is 6.36 Å². The molecule has 1 aliphatic heterocycles. The molecule has 1 unspecified atom stereocenters. The molecule has 1 saturated heterocycles. The molecule has 0 radical (unpaired) electrons. The highest BCUT2D eigenvalue weighted by Gasteiger charge is 2.32. The number of guanidine groups is 1. The number of ether oxygens (including phenoxy) is 2. The van der Waals surface area contributed by atoms with Crippen LogP contribution in [-0.2, 0) is 4.74 Å². The predicted molar refractivity (Wildman–Crippen MR) is 125 cm³/mol. The smallest absolute Gasteiger partial charge is 0.404 e. The number of nitrogens with zero attached hydrogens (tertiary/aromatic N) is 2. The Labute approximate surface area is 200 Å². The van der Waals surface area contributed by atoms with Crippen LogP contribution in [-0.4, -0.2) is 50.1 Å². The Balaban J connectivity index is 0.00000341. The Morgan fingerprint density at radius 3 is 2.48 bits per heavy atom. The summed E-state index contributed by atoms with van der Waals surface area (Å²) in [6.07, 6.45) is -4.81. The molecular weight excluding hydrogens is 548 g/mol. The van der Waals surface area contributed by atoms with E-state index in [-0.39, 0.29) is 54.0 Å². The van der Waals surface area contributed by atoms with E-state index in [1.165, 1.54) is 18.2 Å². The van der Waals surface area contributed by atoms with Gasteiger partial charge in [-0.2, -0.15) is 0 Å². The molecule has 11 heteroatoms. The summed E-state index contributed by atoms with van der Waals surface area (Å²) < 4.78 is 47.3. The molecule has 0 saturated carbocycles. The van der Waals surface area contributed by atoms with Gasteiger partial charge in [0.1, 0.15) is 0 Å². The van der Waals surface area contributed by atoms with Crippen molar-refractivity contribution in [2.45, 2.75) is 12.4 Å². The van der Waals surface area contributed by atoms with Crippen molar-refractivity contribution < 1.29 is 22.6 Å². The van der Waals surface area contributed by atoms with Crippen molar-refractivity contribution in [1.29, 1.82) is 0 Å². The number of nitrogens with one attached hydrogen (secondary N) is 1. The summed E-state index contributed by atoms with van der Waals surface area (Å²) in [5, 5.41) is 3.29. The van der Waals surface area contributed by atoms with Gasteiger partial charge in [0.25, 0.3) is 0 Å². The topological polar surface area (TPSA) is 72.1 Å². The standard InChI is InChI=1S/C20H22ClF3N4O2.HI/c21-15-6-2-1-5-14(15)17(28-9-11-29-12-10-28)13-26-19(25)27-16-7-3-4-8-18(16)30-20(22,23)24;/h1-8,17H,9-13H2,(H3,25,26,27);1H. The van der Waals surface area contributed by atoms with Gasteiger partial charge in [-0.1, -0.05) is 41.9 Å². The number of alkyl halides is 3. The molecule has 3 rings (SSSR count). The van der Waals surface area contributed by atoms with Crippen molar-refractivity contribution in [1.82, 2.24) is 4.90 Å². The first-order valence-electron chi connectivity index (χ1n) is 9.31. The molecule has 0 bridgehead atoms. The summed E-state index contributed by atoms with van der Waals surface area (Å²) >= 11 is 6.39. The van der Waals surface area contributed by atoms with Crippen molar-refractivity contribution in [3.05, 3.63) is 59.1 Å². The molecule has 2 aromatic carbocycles. The third-order valence-electron chi connectivity index (χ3n) is 4.56. The molecule has 0 amide bonds. The summed E-state index contributed by atoms with van der Waals surface area (Å²) in [5.74, 6) is -0.419. The Bertz CT molecular complexity index is 879. The largest absolute Gasteiger partial charge is 0.573 e. The average Bonchev–Trinajstić information content (AvgIpc) is 2.71. The monoisotopic (exact) mass is 570 g/mol. The summed E-state index contributed by atoms with van der Waals surface area (Å²) in [4.78, 5) is 6.55. The van der Waals surface area contributed by atoms with E-state index in [1.807, 2.05) is 18.2 Å². The molecule has 1 aliphatic rings. The van der Waals surface area contributed by atoms with Gasteiger partial charge in [0.05, 0.1) is 31.5 Å². The molecule has 6 nitrogen and oxygen atoms in total. The fraction of sp³-hybridized carbons (Fsp3) is 0.350. The second-order valence-corrected chi connectivity index (χ2v) is 6.99. The SMILES string of the molecule is I.NC(=NCC(c1ccccc1Cl)N1CCOCC1)Nc1ccccc1OC(F)(F)F. The lowest BCUT2D eigenvalue weighted by atomic mass is 10.0. The van der Waals surface area contributed by atoms with Crippen molar-refractivity contribution in [3.63, 3.8) is 0 Å². The first kappa shape index (κ1) is 25.5. The van der Waals surface area contributed by atoms with Gasteiger partial charge in [0.2, 0.25) is 0 Å². The van der Waals surface area contributed by atoms with Crippen LogP contribution in [0.25, 0.3) is 0 Å². The van der Waals surface area contributed by atoms with Gasteiger partial charge < -0.3 is 20.5 Å². The zero-order valence-electron chi connectivity index (χ0n) is 16.4. The highest BCUT2D eigenvalue weighted by Crippen LogP contribution is 2.30. The maximum atomic E-state index is 12.6. The normalized spacial score (nSPS) is 16.3. The molecule has 0 spiro atoms. The van der Waals surface area contributed by atoms with Crippen molar-refractivity contribution in [2.75, 3.05) is 38.2 Å². The molecule has 0 aromatic heterocycles. The maximum absolute atomic E-state index is 12.6. The minimum Gasteiger partial charge on any atom is -0.404 e. The van der Waals surface area contributed by atoms with Crippen LogP contribution in [0.15, 0.2) is 53.5 Å². The van der Waals surface area contributed by atoms with Gasteiger partial charge in [-0.3, -0.25) is 9.89 Å².